The Morgan fingerprint density at radius 1 is 1.38 bits per heavy atom. The van der Waals surface area contributed by atoms with Gasteiger partial charge in [0.15, 0.2) is 0 Å². The number of ether oxygens (including phenoxy) is 1. The molecule has 2 heteroatoms. The molecule has 0 aromatic heterocycles. The van der Waals surface area contributed by atoms with Gasteiger partial charge in [-0.2, -0.15) is 0 Å². The van der Waals surface area contributed by atoms with Gasteiger partial charge < -0.3 is 10.1 Å². The maximum atomic E-state index is 5.33. The molecule has 1 aliphatic rings. The summed E-state index contributed by atoms with van der Waals surface area (Å²) in [4.78, 5) is 0. The zero-order valence-corrected chi connectivity index (χ0v) is 10.2. The first-order valence-electron chi connectivity index (χ1n) is 6.16. The van der Waals surface area contributed by atoms with Crippen LogP contribution in [0.2, 0.25) is 0 Å². The van der Waals surface area contributed by atoms with Gasteiger partial charge in [-0.05, 0) is 50.3 Å². The summed E-state index contributed by atoms with van der Waals surface area (Å²) >= 11 is 0. The maximum Gasteiger partial charge on any atom is 0.122 e. The highest BCUT2D eigenvalue weighted by atomic mass is 16.5. The highest BCUT2D eigenvalue weighted by Crippen LogP contribution is 2.32. The van der Waals surface area contributed by atoms with E-state index in [9.17, 15) is 0 Å². The van der Waals surface area contributed by atoms with Crippen molar-refractivity contribution in [3.05, 3.63) is 29.8 Å². The fraction of sp³-hybridized carbons (Fsp3) is 0.571. The summed E-state index contributed by atoms with van der Waals surface area (Å²) in [6.45, 7) is 3.33. The third kappa shape index (κ3) is 2.99. The van der Waals surface area contributed by atoms with Crippen LogP contribution in [-0.4, -0.2) is 19.7 Å². The number of para-hydroxylation sites is 1. The molecule has 2 rings (SSSR count). The fourth-order valence-electron chi connectivity index (χ4n) is 2.11. The first-order chi connectivity index (χ1) is 7.81. The average Bonchev–Trinajstić information content (AvgIpc) is 3.13. The Bertz CT molecular complexity index is 333. The number of methoxy groups -OCH3 is 1. The topological polar surface area (TPSA) is 21.3 Å². The molecule has 0 bridgehead atoms. The quantitative estimate of drug-likeness (QED) is 0.794. The van der Waals surface area contributed by atoms with Crippen LogP contribution in [-0.2, 0) is 6.42 Å². The molecule has 1 N–H and O–H groups in total. The van der Waals surface area contributed by atoms with Gasteiger partial charge in [0.1, 0.15) is 5.75 Å². The Balaban J connectivity index is 1.79. The zero-order chi connectivity index (χ0) is 11.4. The van der Waals surface area contributed by atoms with Gasteiger partial charge in [0.2, 0.25) is 0 Å². The van der Waals surface area contributed by atoms with Crippen molar-refractivity contribution in [3.8, 4) is 5.75 Å². The first kappa shape index (κ1) is 11.5. The molecule has 2 nitrogen and oxygen atoms in total. The predicted octanol–water partition coefficient (Wildman–Crippen LogP) is 2.63. The van der Waals surface area contributed by atoms with Gasteiger partial charge in [-0.3, -0.25) is 0 Å². The number of hydrogen-bond acceptors (Lipinski definition) is 2. The van der Waals surface area contributed by atoms with Gasteiger partial charge >= 0.3 is 0 Å². The van der Waals surface area contributed by atoms with E-state index in [-0.39, 0.29) is 0 Å². The predicted molar refractivity (Wildman–Crippen MR) is 66.9 cm³/mol. The standard InChI is InChI=1S/C14H21NO/c1-11(12-7-8-12)15-10-9-13-5-3-4-6-14(13)16-2/h3-6,11-12,15H,7-10H2,1-2H3. The summed E-state index contributed by atoms with van der Waals surface area (Å²) in [6.07, 6.45) is 3.85. The molecule has 1 atom stereocenters. The van der Waals surface area contributed by atoms with Crippen LogP contribution in [0.1, 0.15) is 25.3 Å². The summed E-state index contributed by atoms with van der Waals surface area (Å²) in [5.41, 5.74) is 1.29. The van der Waals surface area contributed by atoms with E-state index in [1.54, 1.807) is 7.11 Å². The molecule has 88 valence electrons. The SMILES string of the molecule is COc1ccccc1CCNC(C)C1CC1. The minimum absolute atomic E-state index is 0.676. The molecule has 0 spiro atoms. The van der Waals surface area contributed by atoms with Crippen LogP contribution in [0.4, 0.5) is 0 Å². The Kier molecular flexibility index (Phi) is 3.83. The molecule has 1 fully saturated rings. The van der Waals surface area contributed by atoms with Gasteiger partial charge in [-0.25, -0.2) is 0 Å². The summed E-state index contributed by atoms with van der Waals surface area (Å²) < 4.78 is 5.33. The highest BCUT2D eigenvalue weighted by Gasteiger charge is 2.27. The number of hydrogen-bond donors (Lipinski definition) is 1. The molecule has 1 aromatic carbocycles. The molecule has 0 heterocycles. The molecule has 1 aliphatic carbocycles. The fourth-order valence-corrected chi connectivity index (χ4v) is 2.11. The number of benzene rings is 1. The minimum Gasteiger partial charge on any atom is -0.496 e. The largest absolute Gasteiger partial charge is 0.496 e. The van der Waals surface area contributed by atoms with E-state index in [4.69, 9.17) is 4.74 Å². The molecular weight excluding hydrogens is 198 g/mol. The summed E-state index contributed by atoms with van der Waals surface area (Å²) in [7, 11) is 1.74. The van der Waals surface area contributed by atoms with E-state index in [0.29, 0.717) is 6.04 Å². The smallest absolute Gasteiger partial charge is 0.122 e. The molecule has 0 aliphatic heterocycles. The van der Waals surface area contributed by atoms with E-state index in [1.165, 1.54) is 18.4 Å². The summed E-state index contributed by atoms with van der Waals surface area (Å²) in [5, 5.41) is 3.59. The second-order valence-electron chi connectivity index (χ2n) is 4.64. The van der Waals surface area contributed by atoms with Gasteiger partial charge in [-0.1, -0.05) is 18.2 Å². The van der Waals surface area contributed by atoms with Crippen molar-refractivity contribution in [2.45, 2.75) is 32.2 Å². The van der Waals surface area contributed by atoms with Crippen LogP contribution in [0, 0.1) is 5.92 Å². The van der Waals surface area contributed by atoms with Crippen molar-refractivity contribution in [3.63, 3.8) is 0 Å². The minimum atomic E-state index is 0.676. The lowest BCUT2D eigenvalue weighted by atomic mass is 10.1. The number of nitrogens with one attached hydrogen (secondary N) is 1. The molecule has 0 amide bonds. The van der Waals surface area contributed by atoms with Gasteiger partial charge in [0.25, 0.3) is 0 Å². The Hall–Kier alpha value is -1.02. The van der Waals surface area contributed by atoms with Gasteiger partial charge in [0, 0.05) is 6.04 Å². The van der Waals surface area contributed by atoms with Crippen molar-refractivity contribution < 1.29 is 4.74 Å². The van der Waals surface area contributed by atoms with Crippen LogP contribution >= 0.6 is 0 Å². The van der Waals surface area contributed by atoms with Crippen molar-refractivity contribution >= 4 is 0 Å². The van der Waals surface area contributed by atoms with E-state index < -0.39 is 0 Å². The second kappa shape index (κ2) is 5.35. The Morgan fingerprint density at radius 3 is 2.81 bits per heavy atom. The van der Waals surface area contributed by atoms with Crippen LogP contribution in [0.15, 0.2) is 24.3 Å². The molecule has 0 radical (unpaired) electrons. The lowest BCUT2D eigenvalue weighted by molar-refractivity contribution is 0.408. The van der Waals surface area contributed by atoms with E-state index in [0.717, 1.165) is 24.6 Å². The van der Waals surface area contributed by atoms with Crippen molar-refractivity contribution in [1.29, 1.82) is 0 Å². The lowest BCUT2D eigenvalue weighted by Gasteiger charge is -2.13. The molecule has 1 unspecified atom stereocenters. The Morgan fingerprint density at radius 2 is 2.12 bits per heavy atom. The van der Waals surface area contributed by atoms with Crippen molar-refractivity contribution in [2.24, 2.45) is 5.92 Å². The lowest BCUT2D eigenvalue weighted by Crippen LogP contribution is -2.29. The monoisotopic (exact) mass is 219 g/mol. The summed E-state index contributed by atoms with van der Waals surface area (Å²) in [6, 6.07) is 8.93. The van der Waals surface area contributed by atoms with E-state index in [2.05, 4.69) is 24.4 Å². The molecule has 1 aromatic rings. The van der Waals surface area contributed by atoms with E-state index >= 15 is 0 Å². The number of rotatable bonds is 6. The van der Waals surface area contributed by atoms with Crippen molar-refractivity contribution in [1.82, 2.24) is 5.32 Å². The van der Waals surface area contributed by atoms with Gasteiger partial charge in [0.05, 0.1) is 7.11 Å². The Labute approximate surface area is 98.0 Å². The second-order valence-corrected chi connectivity index (χ2v) is 4.64. The molecular formula is C14H21NO. The van der Waals surface area contributed by atoms with Gasteiger partial charge in [-0.15, -0.1) is 0 Å². The van der Waals surface area contributed by atoms with Crippen LogP contribution in [0.25, 0.3) is 0 Å². The van der Waals surface area contributed by atoms with Crippen LogP contribution < -0.4 is 10.1 Å². The molecule has 16 heavy (non-hydrogen) atoms. The highest BCUT2D eigenvalue weighted by molar-refractivity contribution is 5.33. The third-order valence-electron chi connectivity index (χ3n) is 3.38. The average molecular weight is 219 g/mol. The van der Waals surface area contributed by atoms with E-state index in [1.807, 2.05) is 12.1 Å². The molecule has 1 saturated carbocycles. The maximum absolute atomic E-state index is 5.33. The normalized spacial score (nSPS) is 17.1. The van der Waals surface area contributed by atoms with Crippen LogP contribution in [0.3, 0.4) is 0 Å². The van der Waals surface area contributed by atoms with Crippen molar-refractivity contribution in [2.75, 3.05) is 13.7 Å². The molecule has 0 saturated heterocycles. The summed E-state index contributed by atoms with van der Waals surface area (Å²) in [5.74, 6) is 1.93. The van der Waals surface area contributed by atoms with Crippen LogP contribution in [0.5, 0.6) is 5.75 Å². The third-order valence-corrected chi connectivity index (χ3v) is 3.38. The first-order valence-corrected chi connectivity index (χ1v) is 6.16. The zero-order valence-electron chi connectivity index (χ0n) is 10.2.